The molecule has 1 aliphatic rings. The van der Waals surface area contributed by atoms with Gasteiger partial charge in [0.2, 0.25) is 5.91 Å². The summed E-state index contributed by atoms with van der Waals surface area (Å²) in [6, 6.07) is 14.3. The van der Waals surface area contributed by atoms with Crippen molar-refractivity contribution < 1.29 is 9.18 Å². The Morgan fingerprint density at radius 3 is 2.63 bits per heavy atom. The van der Waals surface area contributed by atoms with Gasteiger partial charge in [0.15, 0.2) is 0 Å². The van der Waals surface area contributed by atoms with Gasteiger partial charge in [0.25, 0.3) is 0 Å². The monoisotopic (exact) mass is 365 g/mol. The van der Waals surface area contributed by atoms with Crippen molar-refractivity contribution in [1.29, 1.82) is 0 Å². The molecule has 1 amide bonds. The van der Waals surface area contributed by atoms with Crippen LogP contribution in [-0.2, 0) is 11.3 Å². The standard InChI is InChI=1S/C22H24FN3O/c1-15(2)11-12-25-20-6-4-3-5-19(20)24-22(25)16-13-21(27)26(14-16)18-9-7-17(23)8-10-18/h3-10,15-16H,11-14H2,1-2H3/t16-/m0/s1. The maximum absolute atomic E-state index is 13.2. The Morgan fingerprint density at radius 1 is 1.15 bits per heavy atom. The lowest BCUT2D eigenvalue weighted by atomic mass is 10.1. The van der Waals surface area contributed by atoms with Gasteiger partial charge in [-0.05, 0) is 48.7 Å². The van der Waals surface area contributed by atoms with Crippen LogP contribution in [0.3, 0.4) is 0 Å². The Kier molecular flexibility index (Phi) is 4.68. The fourth-order valence-electron chi connectivity index (χ4n) is 3.78. The molecule has 0 radical (unpaired) electrons. The highest BCUT2D eigenvalue weighted by molar-refractivity contribution is 5.96. The lowest BCUT2D eigenvalue weighted by molar-refractivity contribution is -0.117. The van der Waals surface area contributed by atoms with Gasteiger partial charge in [0, 0.05) is 31.1 Å². The number of carbonyl (C=O) groups excluding carboxylic acids is 1. The van der Waals surface area contributed by atoms with E-state index in [0.29, 0.717) is 18.9 Å². The summed E-state index contributed by atoms with van der Waals surface area (Å²) in [5.41, 5.74) is 2.85. The molecule has 4 nitrogen and oxygen atoms in total. The van der Waals surface area contributed by atoms with Crippen molar-refractivity contribution in [2.75, 3.05) is 11.4 Å². The van der Waals surface area contributed by atoms with Gasteiger partial charge >= 0.3 is 0 Å². The zero-order valence-electron chi connectivity index (χ0n) is 15.7. The van der Waals surface area contributed by atoms with Crippen LogP contribution in [0.4, 0.5) is 10.1 Å². The number of para-hydroxylation sites is 2. The SMILES string of the molecule is CC(C)CCn1c([C@H]2CC(=O)N(c3ccc(F)cc3)C2)nc2ccccc21. The van der Waals surface area contributed by atoms with Gasteiger partial charge < -0.3 is 9.47 Å². The number of halogens is 1. The highest BCUT2D eigenvalue weighted by Crippen LogP contribution is 2.33. The molecule has 27 heavy (non-hydrogen) atoms. The molecule has 0 saturated carbocycles. The number of imidazole rings is 1. The second kappa shape index (κ2) is 7.14. The fourth-order valence-corrected chi connectivity index (χ4v) is 3.78. The zero-order valence-corrected chi connectivity index (χ0v) is 15.7. The highest BCUT2D eigenvalue weighted by Gasteiger charge is 2.34. The lowest BCUT2D eigenvalue weighted by Gasteiger charge is -2.18. The summed E-state index contributed by atoms with van der Waals surface area (Å²) in [7, 11) is 0. The van der Waals surface area contributed by atoms with Crippen molar-refractivity contribution in [3.05, 3.63) is 60.2 Å². The predicted octanol–water partition coefficient (Wildman–Crippen LogP) is 4.74. The van der Waals surface area contributed by atoms with E-state index < -0.39 is 0 Å². The molecule has 140 valence electrons. The van der Waals surface area contributed by atoms with Gasteiger partial charge in [-0.1, -0.05) is 26.0 Å². The Bertz CT molecular complexity index is 961. The van der Waals surface area contributed by atoms with Crippen molar-refractivity contribution >= 4 is 22.6 Å². The van der Waals surface area contributed by atoms with Crippen LogP contribution < -0.4 is 4.90 Å². The van der Waals surface area contributed by atoms with Crippen LogP contribution in [-0.4, -0.2) is 22.0 Å². The fraction of sp³-hybridized carbons (Fsp3) is 0.364. The molecule has 1 atom stereocenters. The minimum atomic E-state index is -0.294. The van der Waals surface area contributed by atoms with E-state index in [9.17, 15) is 9.18 Å². The smallest absolute Gasteiger partial charge is 0.227 e. The van der Waals surface area contributed by atoms with Crippen LogP contribution in [0.15, 0.2) is 48.5 Å². The van der Waals surface area contributed by atoms with E-state index in [4.69, 9.17) is 4.98 Å². The maximum Gasteiger partial charge on any atom is 0.227 e. The summed E-state index contributed by atoms with van der Waals surface area (Å²) >= 11 is 0. The van der Waals surface area contributed by atoms with Gasteiger partial charge in [-0.25, -0.2) is 9.37 Å². The first-order valence-corrected chi connectivity index (χ1v) is 9.54. The first kappa shape index (κ1) is 17.7. The predicted molar refractivity (Wildman–Crippen MR) is 105 cm³/mol. The number of anilines is 1. The van der Waals surface area contributed by atoms with Crippen molar-refractivity contribution in [3.8, 4) is 0 Å². The number of nitrogens with zero attached hydrogens (tertiary/aromatic N) is 3. The van der Waals surface area contributed by atoms with Gasteiger partial charge in [-0.15, -0.1) is 0 Å². The van der Waals surface area contributed by atoms with E-state index in [-0.39, 0.29) is 17.6 Å². The van der Waals surface area contributed by atoms with Crippen molar-refractivity contribution in [2.45, 2.75) is 39.2 Å². The number of aryl methyl sites for hydroxylation is 1. The molecule has 2 heterocycles. The molecule has 3 aromatic rings. The summed E-state index contributed by atoms with van der Waals surface area (Å²) in [6.45, 7) is 5.91. The van der Waals surface area contributed by atoms with Crippen LogP contribution in [0.25, 0.3) is 11.0 Å². The van der Waals surface area contributed by atoms with Gasteiger partial charge in [-0.2, -0.15) is 0 Å². The van der Waals surface area contributed by atoms with E-state index >= 15 is 0 Å². The molecule has 4 rings (SSSR count). The number of rotatable bonds is 5. The normalized spacial score (nSPS) is 17.4. The van der Waals surface area contributed by atoms with E-state index in [1.807, 2.05) is 18.2 Å². The third kappa shape index (κ3) is 3.46. The Labute approximate surface area is 158 Å². The summed E-state index contributed by atoms with van der Waals surface area (Å²) in [4.78, 5) is 19.3. The van der Waals surface area contributed by atoms with Crippen molar-refractivity contribution in [3.63, 3.8) is 0 Å². The number of hydrogen-bond donors (Lipinski definition) is 0. The average molecular weight is 365 g/mol. The number of amides is 1. The molecule has 1 saturated heterocycles. The van der Waals surface area contributed by atoms with E-state index in [1.165, 1.54) is 12.1 Å². The Balaban J connectivity index is 1.66. The third-order valence-corrected chi connectivity index (χ3v) is 5.24. The Hall–Kier alpha value is -2.69. The van der Waals surface area contributed by atoms with E-state index in [0.717, 1.165) is 35.5 Å². The molecule has 1 aliphatic heterocycles. The van der Waals surface area contributed by atoms with Gasteiger partial charge in [0.1, 0.15) is 11.6 Å². The molecule has 0 unspecified atom stereocenters. The van der Waals surface area contributed by atoms with Crippen LogP contribution in [0, 0.1) is 11.7 Å². The average Bonchev–Trinajstić information content (AvgIpc) is 3.21. The van der Waals surface area contributed by atoms with E-state index in [1.54, 1.807) is 17.0 Å². The highest BCUT2D eigenvalue weighted by atomic mass is 19.1. The quantitative estimate of drug-likeness (QED) is 0.655. The van der Waals surface area contributed by atoms with E-state index in [2.05, 4.69) is 24.5 Å². The van der Waals surface area contributed by atoms with Crippen LogP contribution in [0.1, 0.15) is 38.4 Å². The minimum Gasteiger partial charge on any atom is -0.328 e. The zero-order chi connectivity index (χ0) is 19.0. The summed E-state index contributed by atoms with van der Waals surface area (Å²) in [5, 5.41) is 0. The molecule has 5 heteroatoms. The second-order valence-corrected chi connectivity index (χ2v) is 7.67. The summed E-state index contributed by atoms with van der Waals surface area (Å²) in [6.07, 6.45) is 1.50. The van der Waals surface area contributed by atoms with Crippen molar-refractivity contribution in [2.24, 2.45) is 5.92 Å². The molecular weight excluding hydrogens is 341 g/mol. The van der Waals surface area contributed by atoms with Crippen LogP contribution >= 0.6 is 0 Å². The number of hydrogen-bond acceptors (Lipinski definition) is 2. The van der Waals surface area contributed by atoms with Crippen molar-refractivity contribution in [1.82, 2.24) is 9.55 Å². The second-order valence-electron chi connectivity index (χ2n) is 7.67. The molecule has 2 aromatic carbocycles. The Morgan fingerprint density at radius 2 is 1.89 bits per heavy atom. The van der Waals surface area contributed by atoms with Crippen LogP contribution in [0.5, 0.6) is 0 Å². The molecular formula is C22H24FN3O. The summed E-state index contributed by atoms with van der Waals surface area (Å²) < 4.78 is 15.5. The topological polar surface area (TPSA) is 38.1 Å². The maximum atomic E-state index is 13.2. The molecule has 1 aromatic heterocycles. The minimum absolute atomic E-state index is 0.0436. The number of aromatic nitrogens is 2. The molecule has 0 aliphatic carbocycles. The number of fused-ring (bicyclic) bond motifs is 1. The third-order valence-electron chi connectivity index (χ3n) is 5.24. The molecule has 0 bridgehead atoms. The number of benzene rings is 2. The summed E-state index contributed by atoms with van der Waals surface area (Å²) in [5.74, 6) is 1.39. The largest absolute Gasteiger partial charge is 0.328 e. The molecule has 1 fully saturated rings. The first-order valence-electron chi connectivity index (χ1n) is 9.54. The van der Waals surface area contributed by atoms with Gasteiger partial charge in [-0.3, -0.25) is 4.79 Å². The number of carbonyl (C=O) groups is 1. The molecule has 0 spiro atoms. The van der Waals surface area contributed by atoms with Gasteiger partial charge in [0.05, 0.1) is 11.0 Å². The first-order chi connectivity index (χ1) is 13.0. The lowest BCUT2D eigenvalue weighted by Crippen LogP contribution is -2.24. The van der Waals surface area contributed by atoms with Crippen LogP contribution in [0.2, 0.25) is 0 Å². The molecule has 0 N–H and O–H groups in total.